The summed E-state index contributed by atoms with van der Waals surface area (Å²) in [5, 5.41) is 0. The van der Waals surface area contributed by atoms with Crippen LogP contribution < -0.4 is 0 Å². The van der Waals surface area contributed by atoms with Crippen molar-refractivity contribution in [1.29, 1.82) is 0 Å². The molecule has 0 aliphatic heterocycles. The molecule has 0 saturated heterocycles. The predicted molar refractivity (Wildman–Crippen MR) is 124 cm³/mol. The molecule has 1 saturated carbocycles. The van der Waals surface area contributed by atoms with E-state index in [1.807, 2.05) is 0 Å². The van der Waals surface area contributed by atoms with Crippen LogP contribution in [-0.2, 0) is 0 Å². The van der Waals surface area contributed by atoms with Gasteiger partial charge in [0.1, 0.15) is 0 Å². The first-order valence-electron chi connectivity index (χ1n) is 11.2. The van der Waals surface area contributed by atoms with Gasteiger partial charge >= 0.3 is 0 Å². The summed E-state index contributed by atoms with van der Waals surface area (Å²) in [7, 11) is 0. The molecule has 156 valence electrons. The van der Waals surface area contributed by atoms with Crippen molar-refractivity contribution in [3.63, 3.8) is 0 Å². The first kappa shape index (κ1) is 24.3. The molecule has 5 unspecified atom stereocenters. The molecule has 0 amide bonds. The molecule has 0 aromatic heterocycles. The summed E-state index contributed by atoms with van der Waals surface area (Å²) in [6.07, 6.45) is 10.6. The maximum absolute atomic E-state index is 4.22. The zero-order valence-corrected chi connectivity index (χ0v) is 20.2. The molecular formula is C27H48. The molecular weight excluding hydrogens is 324 g/mol. The minimum Gasteiger partial charge on any atom is -0.103 e. The average Bonchev–Trinajstić information content (AvgIpc) is 3.06. The van der Waals surface area contributed by atoms with E-state index in [4.69, 9.17) is 0 Å². The molecule has 1 rings (SSSR count). The van der Waals surface area contributed by atoms with Crippen LogP contribution in [0.15, 0.2) is 37.0 Å². The van der Waals surface area contributed by atoms with Crippen LogP contribution in [0.4, 0.5) is 0 Å². The van der Waals surface area contributed by atoms with Gasteiger partial charge in [-0.3, -0.25) is 0 Å². The topological polar surface area (TPSA) is 0 Å². The predicted octanol–water partition coefficient (Wildman–Crippen LogP) is 8.71. The van der Waals surface area contributed by atoms with Gasteiger partial charge in [0.05, 0.1) is 0 Å². The Morgan fingerprint density at radius 2 is 1.59 bits per heavy atom. The van der Waals surface area contributed by atoms with Crippen molar-refractivity contribution in [1.82, 2.24) is 0 Å². The molecule has 0 spiro atoms. The fourth-order valence-corrected chi connectivity index (χ4v) is 5.99. The highest BCUT2D eigenvalue weighted by atomic mass is 14.7. The maximum Gasteiger partial charge on any atom is 0.00713 e. The second-order valence-electron chi connectivity index (χ2n) is 11.7. The molecule has 0 aromatic rings. The van der Waals surface area contributed by atoms with Gasteiger partial charge in [-0.05, 0) is 59.7 Å². The molecule has 1 aliphatic carbocycles. The summed E-state index contributed by atoms with van der Waals surface area (Å²) in [4.78, 5) is 0. The van der Waals surface area contributed by atoms with E-state index in [1.54, 1.807) is 5.57 Å². The molecule has 0 heteroatoms. The van der Waals surface area contributed by atoms with Crippen LogP contribution >= 0.6 is 0 Å². The van der Waals surface area contributed by atoms with Gasteiger partial charge in [0.15, 0.2) is 0 Å². The highest BCUT2D eigenvalue weighted by Crippen LogP contribution is 2.72. The van der Waals surface area contributed by atoms with Gasteiger partial charge < -0.3 is 0 Å². The fourth-order valence-electron chi connectivity index (χ4n) is 5.99. The van der Waals surface area contributed by atoms with Gasteiger partial charge in [-0.1, -0.05) is 93.0 Å². The third-order valence-electron chi connectivity index (χ3n) is 7.00. The summed E-state index contributed by atoms with van der Waals surface area (Å²) in [6, 6.07) is 0. The lowest BCUT2D eigenvalue weighted by Crippen LogP contribution is -2.37. The van der Waals surface area contributed by atoms with E-state index >= 15 is 0 Å². The van der Waals surface area contributed by atoms with Gasteiger partial charge in [-0.25, -0.2) is 0 Å². The molecule has 1 fully saturated rings. The Labute approximate surface area is 171 Å². The van der Waals surface area contributed by atoms with E-state index in [9.17, 15) is 0 Å². The van der Waals surface area contributed by atoms with Crippen LogP contribution in [0.3, 0.4) is 0 Å². The smallest absolute Gasteiger partial charge is 0.00713 e. The third-order valence-corrected chi connectivity index (χ3v) is 7.00. The summed E-state index contributed by atoms with van der Waals surface area (Å²) >= 11 is 0. The molecule has 0 heterocycles. The number of hydrogen-bond donors (Lipinski definition) is 0. The van der Waals surface area contributed by atoms with Gasteiger partial charge in [-0.2, -0.15) is 0 Å². The standard InChI is InChI=1S/C27H48/c1-13-15-26(11,12)24(16-19(3)4)27(21(6)14-2)22(7)23(27)17-20(5)18-25(8,9)10/h13-14,17,19-22,24H,1-2,15-16,18H2,3-12H3. The van der Waals surface area contributed by atoms with Crippen LogP contribution in [0.25, 0.3) is 0 Å². The molecule has 1 aliphatic rings. The monoisotopic (exact) mass is 372 g/mol. The lowest BCUT2D eigenvalue weighted by atomic mass is 9.60. The second-order valence-corrected chi connectivity index (χ2v) is 11.7. The largest absolute Gasteiger partial charge is 0.103 e. The zero-order valence-electron chi connectivity index (χ0n) is 20.2. The van der Waals surface area contributed by atoms with Crippen LogP contribution in [-0.4, -0.2) is 0 Å². The van der Waals surface area contributed by atoms with E-state index < -0.39 is 0 Å². The molecule has 0 bridgehead atoms. The van der Waals surface area contributed by atoms with Crippen molar-refractivity contribution in [2.24, 2.45) is 45.8 Å². The Morgan fingerprint density at radius 3 is 2.00 bits per heavy atom. The Hall–Kier alpha value is -0.780. The maximum atomic E-state index is 4.22. The minimum absolute atomic E-state index is 0.250. The Balaban J connectivity index is 3.41. The van der Waals surface area contributed by atoms with Crippen molar-refractivity contribution in [2.75, 3.05) is 0 Å². The van der Waals surface area contributed by atoms with Gasteiger partial charge in [0.25, 0.3) is 0 Å². The third kappa shape index (κ3) is 5.39. The van der Waals surface area contributed by atoms with Crippen molar-refractivity contribution < 1.29 is 0 Å². The van der Waals surface area contributed by atoms with E-state index in [-0.39, 0.29) is 10.8 Å². The van der Waals surface area contributed by atoms with E-state index in [0.717, 1.165) is 6.42 Å². The Morgan fingerprint density at radius 1 is 1.04 bits per heavy atom. The summed E-state index contributed by atoms with van der Waals surface area (Å²) < 4.78 is 0. The summed E-state index contributed by atoms with van der Waals surface area (Å²) in [5.74, 6) is 3.14. The normalized spacial score (nSPS) is 28.1. The van der Waals surface area contributed by atoms with Crippen LogP contribution in [0.2, 0.25) is 0 Å². The summed E-state index contributed by atoms with van der Waals surface area (Å²) in [6.45, 7) is 32.3. The molecule has 0 N–H and O–H groups in total. The first-order chi connectivity index (χ1) is 12.2. The van der Waals surface area contributed by atoms with Crippen molar-refractivity contribution in [2.45, 2.75) is 88.5 Å². The highest BCUT2D eigenvalue weighted by molar-refractivity contribution is 5.42. The lowest BCUT2D eigenvalue weighted by Gasteiger charge is -2.43. The molecule has 0 aromatic carbocycles. The number of rotatable bonds is 10. The molecule has 27 heavy (non-hydrogen) atoms. The second kappa shape index (κ2) is 8.71. The van der Waals surface area contributed by atoms with Crippen LogP contribution in [0, 0.1) is 45.8 Å². The van der Waals surface area contributed by atoms with Gasteiger partial charge in [0.2, 0.25) is 0 Å². The fraction of sp³-hybridized carbons (Fsp3) is 0.778. The van der Waals surface area contributed by atoms with E-state index in [1.165, 1.54) is 12.8 Å². The van der Waals surface area contributed by atoms with Crippen molar-refractivity contribution in [3.05, 3.63) is 37.0 Å². The minimum atomic E-state index is 0.250. The summed E-state index contributed by atoms with van der Waals surface area (Å²) in [5.41, 5.74) is 2.60. The molecule has 0 nitrogen and oxygen atoms in total. The quantitative estimate of drug-likeness (QED) is 0.336. The lowest BCUT2D eigenvalue weighted by molar-refractivity contribution is 0.0727. The van der Waals surface area contributed by atoms with Crippen molar-refractivity contribution in [3.8, 4) is 0 Å². The van der Waals surface area contributed by atoms with Crippen molar-refractivity contribution >= 4 is 0 Å². The number of allylic oxidation sites excluding steroid dienone is 4. The Bertz CT molecular complexity index is 539. The van der Waals surface area contributed by atoms with Crippen LogP contribution in [0.5, 0.6) is 0 Å². The SMILES string of the molecule is C=CCC(C)(C)C(CC(C)C)C1(C(C)C=C)C(=CC(C)CC(C)(C)C)C1C. The van der Waals surface area contributed by atoms with Crippen LogP contribution in [0.1, 0.15) is 88.5 Å². The molecule has 5 atom stereocenters. The first-order valence-corrected chi connectivity index (χ1v) is 11.2. The zero-order chi connectivity index (χ0) is 21.2. The Kier molecular flexibility index (Phi) is 7.82. The van der Waals surface area contributed by atoms with Gasteiger partial charge in [-0.15, -0.1) is 13.2 Å². The van der Waals surface area contributed by atoms with E-state index in [2.05, 4.69) is 101 Å². The van der Waals surface area contributed by atoms with E-state index in [0.29, 0.717) is 35.0 Å². The van der Waals surface area contributed by atoms with Gasteiger partial charge in [0, 0.05) is 5.41 Å². The average molecular weight is 373 g/mol. The highest BCUT2D eigenvalue weighted by Gasteiger charge is 2.65. The number of hydrogen-bond acceptors (Lipinski definition) is 0. The molecule has 0 radical (unpaired) electrons.